The standard InChI is InChI=1S/C14H6N2O3/c17-7-15-9-5-11-10-3-1-2-4-13(10)19-14(11)12(6-9)16-8-18/h1-6H. The van der Waals surface area contributed by atoms with Crippen LogP contribution in [0.5, 0.6) is 0 Å². The zero-order valence-electron chi connectivity index (χ0n) is 9.58. The lowest BCUT2D eigenvalue weighted by Crippen LogP contribution is -1.70. The number of carbonyl (C=O) groups excluding carboxylic acids is 2. The zero-order valence-corrected chi connectivity index (χ0v) is 9.58. The fourth-order valence-electron chi connectivity index (χ4n) is 2.04. The molecule has 0 aliphatic carbocycles. The first kappa shape index (κ1) is 11.1. The minimum absolute atomic E-state index is 0.290. The van der Waals surface area contributed by atoms with Crippen molar-refractivity contribution in [1.82, 2.24) is 0 Å². The summed E-state index contributed by atoms with van der Waals surface area (Å²) < 4.78 is 5.66. The number of furan rings is 1. The maximum absolute atomic E-state index is 10.5. The van der Waals surface area contributed by atoms with Gasteiger partial charge in [-0.25, -0.2) is 9.59 Å². The van der Waals surface area contributed by atoms with Gasteiger partial charge in [0.1, 0.15) is 11.3 Å². The van der Waals surface area contributed by atoms with Crippen molar-refractivity contribution in [3.63, 3.8) is 0 Å². The second kappa shape index (κ2) is 4.35. The van der Waals surface area contributed by atoms with Gasteiger partial charge < -0.3 is 4.42 Å². The number of aliphatic imine (C=N–C) groups is 2. The number of rotatable bonds is 2. The Labute approximate surface area is 106 Å². The maximum Gasteiger partial charge on any atom is 0.240 e. The summed E-state index contributed by atoms with van der Waals surface area (Å²) in [5, 5.41) is 1.60. The predicted octanol–water partition coefficient (Wildman–Crippen LogP) is 3.52. The molecular formula is C14H6N2O3. The van der Waals surface area contributed by atoms with Gasteiger partial charge in [-0.15, -0.1) is 0 Å². The third-order valence-electron chi connectivity index (χ3n) is 2.78. The van der Waals surface area contributed by atoms with E-state index in [1.54, 1.807) is 6.07 Å². The third-order valence-corrected chi connectivity index (χ3v) is 2.78. The summed E-state index contributed by atoms with van der Waals surface area (Å²) in [4.78, 5) is 28.0. The number of fused-ring (bicyclic) bond motifs is 3. The van der Waals surface area contributed by atoms with Gasteiger partial charge in [0.25, 0.3) is 0 Å². The van der Waals surface area contributed by atoms with Gasteiger partial charge in [0.15, 0.2) is 5.58 Å². The molecule has 0 saturated heterocycles. The zero-order chi connectivity index (χ0) is 13.2. The normalized spacial score (nSPS) is 10.1. The van der Waals surface area contributed by atoms with Crippen molar-refractivity contribution in [3.8, 4) is 0 Å². The molecule has 5 heteroatoms. The molecule has 1 aromatic heterocycles. The van der Waals surface area contributed by atoms with Crippen molar-refractivity contribution in [1.29, 1.82) is 0 Å². The lowest BCUT2D eigenvalue weighted by molar-refractivity contribution is 0.564. The van der Waals surface area contributed by atoms with Gasteiger partial charge in [-0.1, -0.05) is 18.2 Å². The van der Waals surface area contributed by atoms with E-state index in [0.717, 1.165) is 10.8 Å². The van der Waals surface area contributed by atoms with Crippen molar-refractivity contribution in [2.75, 3.05) is 0 Å². The molecule has 19 heavy (non-hydrogen) atoms. The summed E-state index contributed by atoms with van der Waals surface area (Å²) in [6, 6.07) is 10.6. The Hall–Kier alpha value is -3.00. The minimum atomic E-state index is 0.290. The van der Waals surface area contributed by atoms with Crippen LogP contribution in [-0.2, 0) is 9.59 Å². The molecule has 0 amide bonds. The highest BCUT2D eigenvalue weighted by Crippen LogP contribution is 2.37. The Morgan fingerprint density at radius 3 is 2.53 bits per heavy atom. The van der Waals surface area contributed by atoms with E-state index in [4.69, 9.17) is 4.42 Å². The van der Waals surface area contributed by atoms with Crippen molar-refractivity contribution in [2.24, 2.45) is 9.98 Å². The van der Waals surface area contributed by atoms with E-state index < -0.39 is 0 Å². The summed E-state index contributed by atoms with van der Waals surface area (Å²) >= 11 is 0. The highest BCUT2D eigenvalue weighted by atomic mass is 16.3. The van der Waals surface area contributed by atoms with Crippen LogP contribution in [0.3, 0.4) is 0 Å². The number of nitrogens with zero attached hydrogens (tertiary/aromatic N) is 2. The fraction of sp³-hybridized carbons (Fsp3) is 0. The van der Waals surface area contributed by atoms with Gasteiger partial charge in [0.05, 0.1) is 5.69 Å². The summed E-state index contributed by atoms with van der Waals surface area (Å²) in [6.07, 6.45) is 2.93. The Bertz CT molecular complexity index is 882. The molecule has 0 aliphatic heterocycles. The van der Waals surface area contributed by atoms with E-state index in [1.165, 1.54) is 18.2 Å². The van der Waals surface area contributed by atoms with Crippen LogP contribution in [0, 0.1) is 0 Å². The van der Waals surface area contributed by atoms with Crippen LogP contribution in [0.25, 0.3) is 21.9 Å². The molecule has 0 fully saturated rings. The van der Waals surface area contributed by atoms with E-state index in [2.05, 4.69) is 9.98 Å². The van der Waals surface area contributed by atoms with Gasteiger partial charge in [-0.3, -0.25) is 0 Å². The average Bonchev–Trinajstić information content (AvgIpc) is 2.79. The number of para-hydroxylation sites is 1. The molecule has 2 aromatic carbocycles. The summed E-state index contributed by atoms with van der Waals surface area (Å²) in [7, 11) is 0. The van der Waals surface area contributed by atoms with Crippen molar-refractivity contribution >= 4 is 45.5 Å². The van der Waals surface area contributed by atoms with Gasteiger partial charge in [-0.2, -0.15) is 9.98 Å². The fourth-order valence-corrected chi connectivity index (χ4v) is 2.04. The van der Waals surface area contributed by atoms with Gasteiger partial charge in [0.2, 0.25) is 12.2 Å². The SMILES string of the molecule is O=C=Nc1cc(N=C=O)c2oc3ccccc3c2c1. The van der Waals surface area contributed by atoms with E-state index in [0.29, 0.717) is 16.9 Å². The Morgan fingerprint density at radius 1 is 0.947 bits per heavy atom. The van der Waals surface area contributed by atoms with Crippen LogP contribution in [0.1, 0.15) is 0 Å². The number of isocyanates is 2. The van der Waals surface area contributed by atoms with Crippen molar-refractivity contribution < 1.29 is 14.0 Å². The molecule has 3 aromatic rings. The Morgan fingerprint density at radius 2 is 1.74 bits per heavy atom. The molecule has 3 rings (SSSR count). The molecular weight excluding hydrogens is 244 g/mol. The van der Waals surface area contributed by atoms with Crippen molar-refractivity contribution in [3.05, 3.63) is 36.4 Å². The van der Waals surface area contributed by atoms with Crippen LogP contribution >= 0.6 is 0 Å². The molecule has 5 nitrogen and oxygen atoms in total. The lowest BCUT2D eigenvalue weighted by Gasteiger charge is -1.95. The van der Waals surface area contributed by atoms with Crippen molar-refractivity contribution in [2.45, 2.75) is 0 Å². The average molecular weight is 250 g/mol. The van der Waals surface area contributed by atoms with Crippen LogP contribution in [0.2, 0.25) is 0 Å². The smallest absolute Gasteiger partial charge is 0.240 e. The topological polar surface area (TPSA) is 72.0 Å². The minimum Gasteiger partial charge on any atom is -0.454 e. The molecule has 0 unspecified atom stereocenters. The molecule has 0 atom stereocenters. The van der Waals surface area contributed by atoms with Gasteiger partial charge >= 0.3 is 0 Å². The first-order valence-electron chi connectivity index (χ1n) is 5.44. The van der Waals surface area contributed by atoms with Crippen LogP contribution < -0.4 is 0 Å². The molecule has 0 saturated carbocycles. The molecule has 0 N–H and O–H groups in total. The van der Waals surface area contributed by atoms with Gasteiger partial charge in [-0.05, 0) is 18.2 Å². The highest BCUT2D eigenvalue weighted by Gasteiger charge is 2.12. The monoisotopic (exact) mass is 250 g/mol. The summed E-state index contributed by atoms with van der Waals surface area (Å²) in [5.41, 5.74) is 1.79. The summed E-state index contributed by atoms with van der Waals surface area (Å²) in [6.45, 7) is 0. The molecule has 0 bridgehead atoms. The van der Waals surface area contributed by atoms with Crippen LogP contribution in [-0.4, -0.2) is 12.2 Å². The second-order valence-corrected chi connectivity index (χ2v) is 3.85. The molecule has 1 heterocycles. The molecule has 90 valence electrons. The first-order chi connectivity index (χ1) is 9.33. The second-order valence-electron chi connectivity index (χ2n) is 3.85. The lowest BCUT2D eigenvalue weighted by atomic mass is 10.1. The summed E-state index contributed by atoms with van der Waals surface area (Å²) in [5.74, 6) is 0. The number of hydrogen-bond donors (Lipinski definition) is 0. The van der Waals surface area contributed by atoms with Gasteiger partial charge in [0, 0.05) is 10.8 Å². The molecule has 0 spiro atoms. The Kier molecular flexibility index (Phi) is 2.54. The van der Waals surface area contributed by atoms with E-state index in [1.807, 2.05) is 24.3 Å². The maximum atomic E-state index is 10.5. The predicted molar refractivity (Wildman–Crippen MR) is 69.3 cm³/mol. The number of benzene rings is 2. The molecule has 0 aliphatic rings. The van der Waals surface area contributed by atoms with E-state index in [9.17, 15) is 9.59 Å². The van der Waals surface area contributed by atoms with Crippen LogP contribution in [0.15, 0.2) is 50.8 Å². The van der Waals surface area contributed by atoms with E-state index in [-0.39, 0.29) is 5.69 Å². The number of hydrogen-bond acceptors (Lipinski definition) is 5. The first-order valence-corrected chi connectivity index (χ1v) is 5.44. The Balaban J connectivity index is 2.51. The quantitative estimate of drug-likeness (QED) is 0.516. The third kappa shape index (κ3) is 1.76. The van der Waals surface area contributed by atoms with E-state index >= 15 is 0 Å². The largest absolute Gasteiger partial charge is 0.454 e. The highest BCUT2D eigenvalue weighted by molar-refractivity contribution is 6.09. The molecule has 0 radical (unpaired) electrons. The van der Waals surface area contributed by atoms with Crippen LogP contribution in [0.4, 0.5) is 11.4 Å².